The summed E-state index contributed by atoms with van der Waals surface area (Å²) in [5.41, 5.74) is 2.88. The molecule has 1 unspecified atom stereocenters. The van der Waals surface area contributed by atoms with Crippen molar-refractivity contribution in [3.63, 3.8) is 0 Å². The normalized spacial score (nSPS) is 12.0. The highest BCUT2D eigenvalue weighted by molar-refractivity contribution is 7.89. The Balaban J connectivity index is 1.25. The first-order valence-electron chi connectivity index (χ1n) is 13.6. The summed E-state index contributed by atoms with van der Waals surface area (Å²) in [6.45, 7) is 0.198. The van der Waals surface area contributed by atoms with Crippen molar-refractivity contribution in [2.45, 2.75) is 17.4 Å². The predicted molar refractivity (Wildman–Crippen MR) is 163 cm³/mol. The number of hydrogen-bond acceptors (Lipinski definition) is 8. The fraction of sp³-hybridized carbons (Fsp3) is 0.161. The lowest BCUT2D eigenvalue weighted by atomic mass is 10.1. The number of rotatable bonds is 13. The van der Waals surface area contributed by atoms with Crippen molar-refractivity contribution in [2.75, 3.05) is 25.0 Å². The van der Waals surface area contributed by atoms with Crippen molar-refractivity contribution < 1.29 is 22.7 Å². The number of benzene rings is 3. The van der Waals surface area contributed by atoms with Crippen molar-refractivity contribution in [2.24, 2.45) is 0 Å². The number of nitrogens with zero attached hydrogens (tertiary/aromatic N) is 2. The molecule has 0 saturated heterocycles. The summed E-state index contributed by atoms with van der Waals surface area (Å²) in [6.07, 6.45) is 3.71. The molecule has 0 bridgehead atoms. The second-order valence-corrected chi connectivity index (χ2v) is 11.3. The van der Waals surface area contributed by atoms with Gasteiger partial charge in [-0.25, -0.2) is 13.4 Å². The second-order valence-electron chi connectivity index (χ2n) is 9.61. The summed E-state index contributed by atoms with van der Waals surface area (Å²) in [5, 5.41) is 13.3. The molecule has 0 saturated carbocycles. The number of esters is 1. The van der Waals surface area contributed by atoms with Crippen molar-refractivity contribution in [3.05, 3.63) is 109 Å². The molecule has 0 spiro atoms. The fourth-order valence-corrected chi connectivity index (χ4v) is 5.48. The molecule has 2 aromatic heterocycles. The summed E-state index contributed by atoms with van der Waals surface area (Å²) >= 11 is 0. The van der Waals surface area contributed by atoms with Crippen LogP contribution in [0.3, 0.4) is 0 Å². The van der Waals surface area contributed by atoms with Gasteiger partial charge in [-0.15, -0.1) is 0 Å². The minimum atomic E-state index is -4.14. The third-order valence-corrected chi connectivity index (χ3v) is 8.05. The Morgan fingerprint density at radius 2 is 1.67 bits per heavy atom. The largest absolute Gasteiger partial charge is 0.464 e. The van der Waals surface area contributed by atoms with Crippen LogP contribution in [0, 0.1) is 0 Å². The lowest BCUT2D eigenvalue weighted by Gasteiger charge is -2.19. The van der Waals surface area contributed by atoms with Gasteiger partial charge in [0.05, 0.1) is 23.2 Å². The number of carbonyl (C=O) groups is 2. The Labute approximate surface area is 248 Å². The molecule has 3 aromatic carbocycles. The maximum Gasteiger partial charge on any atom is 0.326 e. The monoisotopic (exact) mass is 598 g/mol. The SMILES string of the molecule is O=C(NCC(NS(=O)(=O)c1ccc(-c2ccccc2)cc1)C(=O)OCCCNc1ccccn1)c1ccc2[nH]ncc2c1. The van der Waals surface area contributed by atoms with Crippen LogP contribution in [0.25, 0.3) is 22.0 Å². The van der Waals surface area contributed by atoms with Crippen molar-refractivity contribution >= 4 is 38.6 Å². The zero-order valence-corrected chi connectivity index (χ0v) is 23.9. The number of carbonyl (C=O) groups excluding carboxylic acids is 2. The van der Waals surface area contributed by atoms with E-state index in [9.17, 15) is 18.0 Å². The third-order valence-electron chi connectivity index (χ3n) is 6.56. The van der Waals surface area contributed by atoms with Gasteiger partial charge in [0, 0.05) is 30.2 Å². The molecule has 4 N–H and O–H groups in total. The Hall–Kier alpha value is -5.07. The number of ether oxygens (including phenoxy) is 1. The molecule has 0 aliphatic carbocycles. The van der Waals surface area contributed by atoms with Gasteiger partial charge in [-0.2, -0.15) is 9.82 Å². The van der Waals surface area contributed by atoms with E-state index < -0.39 is 27.9 Å². The zero-order valence-electron chi connectivity index (χ0n) is 23.1. The Morgan fingerprint density at radius 1 is 0.907 bits per heavy atom. The van der Waals surface area contributed by atoms with E-state index in [1.54, 1.807) is 48.8 Å². The minimum absolute atomic E-state index is 0.0266. The summed E-state index contributed by atoms with van der Waals surface area (Å²) in [4.78, 5) is 30.1. The minimum Gasteiger partial charge on any atom is -0.464 e. The summed E-state index contributed by atoms with van der Waals surface area (Å²) in [5.74, 6) is -0.603. The first kappa shape index (κ1) is 29.4. The maximum absolute atomic E-state index is 13.3. The molecular weight excluding hydrogens is 568 g/mol. The van der Waals surface area contributed by atoms with Crippen LogP contribution in [0.5, 0.6) is 0 Å². The molecule has 0 radical (unpaired) electrons. The van der Waals surface area contributed by atoms with Crippen LogP contribution in [-0.4, -0.2) is 61.2 Å². The molecule has 43 heavy (non-hydrogen) atoms. The molecule has 2 heterocycles. The molecular formula is C31H30N6O5S. The van der Waals surface area contributed by atoms with E-state index in [1.165, 1.54) is 12.1 Å². The van der Waals surface area contributed by atoms with Crippen LogP contribution in [0.15, 0.2) is 108 Å². The highest BCUT2D eigenvalue weighted by Crippen LogP contribution is 2.21. The van der Waals surface area contributed by atoms with Gasteiger partial charge in [0.15, 0.2) is 0 Å². The van der Waals surface area contributed by atoms with Crippen molar-refractivity contribution in [1.29, 1.82) is 0 Å². The van der Waals surface area contributed by atoms with Gasteiger partial charge in [0.1, 0.15) is 11.9 Å². The van der Waals surface area contributed by atoms with Gasteiger partial charge in [-0.3, -0.25) is 14.7 Å². The molecule has 0 aliphatic heterocycles. The predicted octanol–water partition coefficient (Wildman–Crippen LogP) is 3.75. The number of anilines is 1. The Kier molecular flexibility index (Phi) is 9.39. The Morgan fingerprint density at radius 3 is 2.44 bits per heavy atom. The number of amides is 1. The second kappa shape index (κ2) is 13.7. The van der Waals surface area contributed by atoms with E-state index in [0.717, 1.165) is 22.0 Å². The van der Waals surface area contributed by atoms with E-state index in [1.807, 2.05) is 42.5 Å². The molecule has 220 valence electrons. The highest BCUT2D eigenvalue weighted by Gasteiger charge is 2.28. The molecule has 5 aromatic rings. The first-order chi connectivity index (χ1) is 20.9. The molecule has 0 aliphatic rings. The number of H-pyrrole nitrogens is 1. The van der Waals surface area contributed by atoms with Gasteiger partial charge in [-0.1, -0.05) is 48.5 Å². The number of fused-ring (bicyclic) bond motifs is 1. The molecule has 1 amide bonds. The fourth-order valence-electron chi connectivity index (χ4n) is 4.30. The molecule has 5 rings (SSSR count). The Bertz CT molecular complexity index is 1780. The van der Waals surface area contributed by atoms with Gasteiger partial charge in [0.2, 0.25) is 10.0 Å². The number of aromatic amines is 1. The number of aromatic nitrogens is 3. The summed E-state index contributed by atoms with van der Waals surface area (Å²) in [7, 11) is -4.14. The van der Waals surface area contributed by atoms with Gasteiger partial charge < -0.3 is 15.4 Å². The molecule has 0 fully saturated rings. The van der Waals surface area contributed by atoms with Gasteiger partial charge in [0.25, 0.3) is 5.91 Å². The summed E-state index contributed by atoms with van der Waals surface area (Å²) in [6, 6.07) is 24.9. The van der Waals surface area contributed by atoms with Crippen LogP contribution in [0.4, 0.5) is 5.82 Å². The van der Waals surface area contributed by atoms with E-state index in [0.29, 0.717) is 24.3 Å². The smallest absolute Gasteiger partial charge is 0.326 e. The van der Waals surface area contributed by atoms with Gasteiger partial charge in [-0.05, 0) is 60.0 Å². The number of pyridine rings is 1. The number of nitrogens with one attached hydrogen (secondary N) is 4. The third kappa shape index (κ3) is 7.82. The maximum atomic E-state index is 13.3. The standard InChI is InChI=1S/C31H30N6O5S/c38-30(24-12-15-27-25(19-24)20-35-36-27)34-21-28(31(39)42-18-6-17-33-29-9-4-5-16-32-29)37-43(40,41)26-13-10-23(11-14-26)22-7-2-1-3-8-22/h1-5,7-16,19-20,28,37H,6,17-18,21H2,(H,32,33)(H,34,38)(H,35,36). The average molecular weight is 599 g/mol. The van der Waals surface area contributed by atoms with Crippen LogP contribution < -0.4 is 15.4 Å². The van der Waals surface area contributed by atoms with E-state index in [2.05, 4.69) is 30.5 Å². The molecule has 11 nitrogen and oxygen atoms in total. The van der Waals surface area contributed by atoms with E-state index >= 15 is 0 Å². The lowest BCUT2D eigenvalue weighted by molar-refractivity contribution is -0.145. The van der Waals surface area contributed by atoms with Crippen LogP contribution >= 0.6 is 0 Å². The van der Waals surface area contributed by atoms with E-state index in [-0.39, 0.29) is 18.0 Å². The van der Waals surface area contributed by atoms with E-state index in [4.69, 9.17) is 4.74 Å². The summed E-state index contributed by atoms with van der Waals surface area (Å²) < 4.78 is 34.4. The first-order valence-corrected chi connectivity index (χ1v) is 15.1. The number of hydrogen-bond donors (Lipinski definition) is 4. The molecule has 1 atom stereocenters. The van der Waals surface area contributed by atoms with Crippen molar-refractivity contribution in [1.82, 2.24) is 25.2 Å². The molecule has 12 heteroatoms. The van der Waals surface area contributed by atoms with Crippen LogP contribution in [0.2, 0.25) is 0 Å². The van der Waals surface area contributed by atoms with Crippen LogP contribution in [0.1, 0.15) is 16.8 Å². The quantitative estimate of drug-likeness (QED) is 0.118. The topological polar surface area (TPSA) is 155 Å². The lowest BCUT2D eigenvalue weighted by Crippen LogP contribution is -2.49. The van der Waals surface area contributed by atoms with Crippen LogP contribution in [-0.2, 0) is 19.6 Å². The average Bonchev–Trinajstić information content (AvgIpc) is 3.52. The zero-order chi connectivity index (χ0) is 30.1. The highest BCUT2D eigenvalue weighted by atomic mass is 32.2. The van der Waals surface area contributed by atoms with Gasteiger partial charge >= 0.3 is 5.97 Å². The van der Waals surface area contributed by atoms with Crippen molar-refractivity contribution in [3.8, 4) is 11.1 Å². The number of sulfonamides is 1.